The number of nitrogens with zero attached hydrogens (tertiary/aromatic N) is 6. The van der Waals surface area contributed by atoms with E-state index in [1.54, 1.807) is 41.0 Å². The number of carbonyl (C=O) groups excluding carboxylic acids is 2. The van der Waals surface area contributed by atoms with Gasteiger partial charge in [-0.15, -0.1) is 11.3 Å². The van der Waals surface area contributed by atoms with Crippen molar-refractivity contribution < 1.29 is 18.7 Å². The Morgan fingerprint density at radius 3 is 2.43 bits per heavy atom. The Morgan fingerprint density at radius 1 is 1.00 bits per heavy atom. The summed E-state index contributed by atoms with van der Waals surface area (Å²) in [6.45, 7) is 7.83. The molecule has 4 heterocycles. The molecule has 1 aliphatic rings. The number of thiazole rings is 1. The molecular weight excluding hydrogens is 581 g/mol. The molecule has 1 saturated heterocycles. The van der Waals surface area contributed by atoms with E-state index in [-0.39, 0.29) is 17.5 Å². The minimum Gasteiger partial charge on any atom is -0.444 e. The van der Waals surface area contributed by atoms with Gasteiger partial charge in [0.05, 0.1) is 0 Å². The molecule has 44 heavy (non-hydrogen) atoms. The molecule has 0 bridgehead atoms. The number of fused-ring (bicyclic) bond motifs is 1. The third kappa shape index (κ3) is 6.25. The van der Waals surface area contributed by atoms with Gasteiger partial charge in [-0.25, -0.2) is 19.2 Å². The average Bonchev–Trinajstić information content (AvgIpc) is 3.68. The van der Waals surface area contributed by atoms with Crippen molar-refractivity contribution in [3.05, 3.63) is 89.9 Å². The van der Waals surface area contributed by atoms with Crippen LogP contribution in [0, 0.1) is 5.82 Å². The van der Waals surface area contributed by atoms with Crippen LogP contribution in [-0.2, 0) is 9.53 Å². The maximum atomic E-state index is 16.0. The van der Waals surface area contributed by atoms with Gasteiger partial charge in [0.15, 0.2) is 17.0 Å². The third-order valence-corrected chi connectivity index (χ3v) is 7.93. The highest BCUT2D eigenvalue weighted by Crippen LogP contribution is 2.31. The lowest BCUT2D eigenvalue weighted by atomic mass is 10.1. The maximum absolute atomic E-state index is 16.0. The van der Waals surface area contributed by atoms with E-state index in [1.807, 2.05) is 63.2 Å². The molecule has 0 unspecified atom stereocenters. The van der Waals surface area contributed by atoms with Crippen molar-refractivity contribution in [2.45, 2.75) is 32.4 Å². The number of hydrogen-bond acceptors (Lipinski definition) is 8. The number of carbonyl (C=O) groups is 2. The summed E-state index contributed by atoms with van der Waals surface area (Å²) >= 11 is 1.32. The second-order valence-electron chi connectivity index (χ2n) is 11.5. The van der Waals surface area contributed by atoms with Crippen LogP contribution in [0.15, 0.2) is 78.6 Å². The van der Waals surface area contributed by atoms with Crippen molar-refractivity contribution in [2.75, 3.05) is 36.4 Å². The first-order valence-corrected chi connectivity index (χ1v) is 15.2. The van der Waals surface area contributed by atoms with Gasteiger partial charge < -0.3 is 14.5 Å². The minimum atomic E-state index is -0.827. The van der Waals surface area contributed by atoms with Gasteiger partial charge in [0.1, 0.15) is 16.9 Å². The van der Waals surface area contributed by atoms with Gasteiger partial charge >= 0.3 is 6.09 Å². The number of halogens is 1. The number of nitrogens with one attached hydrogen (secondary N) is 1. The predicted molar refractivity (Wildman–Crippen MR) is 168 cm³/mol. The highest BCUT2D eigenvalue weighted by atomic mass is 32.1. The molecule has 0 aliphatic carbocycles. The van der Waals surface area contributed by atoms with E-state index in [0.717, 1.165) is 5.82 Å². The van der Waals surface area contributed by atoms with Crippen LogP contribution in [0.2, 0.25) is 0 Å². The summed E-state index contributed by atoms with van der Waals surface area (Å²) in [5.74, 6) is -0.0690. The highest BCUT2D eigenvalue weighted by Gasteiger charge is 2.28. The Morgan fingerprint density at radius 2 is 1.77 bits per heavy atom. The fourth-order valence-electron chi connectivity index (χ4n) is 5.12. The first-order valence-electron chi connectivity index (χ1n) is 14.3. The lowest BCUT2D eigenvalue weighted by Gasteiger charge is -2.36. The van der Waals surface area contributed by atoms with E-state index in [2.05, 4.69) is 25.3 Å². The van der Waals surface area contributed by atoms with Crippen molar-refractivity contribution in [3.63, 3.8) is 0 Å². The van der Waals surface area contributed by atoms with E-state index in [0.29, 0.717) is 53.4 Å². The molecule has 226 valence electrons. The molecule has 1 aliphatic heterocycles. The van der Waals surface area contributed by atoms with Gasteiger partial charge in [-0.2, -0.15) is 5.10 Å². The minimum absolute atomic E-state index is 0.160. The summed E-state index contributed by atoms with van der Waals surface area (Å²) in [4.78, 5) is 38.3. The van der Waals surface area contributed by atoms with Crippen molar-refractivity contribution in [1.29, 1.82) is 0 Å². The van der Waals surface area contributed by atoms with Crippen LogP contribution in [0.4, 0.5) is 20.1 Å². The molecule has 2 aromatic carbocycles. The topological polar surface area (TPSA) is 105 Å². The number of hydrogen-bond donors (Lipinski definition) is 1. The fourth-order valence-corrected chi connectivity index (χ4v) is 5.65. The van der Waals surface area contributed by atoms with Gasteiger partial charge in [-0.05, 0) is 38.5 Å². The summed E-state index contributed by atoms with van der Waals surface area (Å²) < 4.78 is 22.9. The number of piperazine rings is 1. The van der Waals surface area contributed by atoms with E-state index in [1.165, 1.54) is 16.0 Å². The molecule has 3 aromatic heterocycles. The quantitative estimate of drug-likeness (QED) is 0.251. The number of benzene rings is 2. The smallest absolute Gasteiger partial charge is 0.410 e. The second kappa shape index (κ2) is 12.0. The summed E-state index contributed by atoms with van der Waals surface area (Å²) in [5, 5.41) is 10.2. The zero-order valence-corrected chi connectivity index (χ0v) is 25.4. The van der Waals surface area contributed by atoms with E-state index in [4.69, 9.17) is 4.74 Å². The van der Waals surface area contributed by atoms with Gasteiger partial charge in [0.2, 0.25) is 0 Å². The Bertz CT molecular complexity index is 1760. The van der Waals surface area contributed by atoms with Gasteiger partial charge in [0, 0.05) is 66.7 Å². The predicted octanol–water partition coefficient (Wildman–Crippen LogP) is 5.98. The molecule has 0 saturated carbocycles. The van der Waals surface area contributed by atoms with Crippen molar-refractivity contribution in [3.8, 4) is 11.1 Å². The van der Waals surface area contributed by atoms with Crippen LogP contribution in [0.1, 0.15) is 32.4 Å². The number of pyridine rings is 1. The fraction of sp³-hybridized carbons (Fsp3) is 0.281. The lowest BCUT2D eigenvalue weighted by Crippen LogP contribution is -2.50. The molecule has 10 nitrogen and oxygen atoms in total. The molecule has 6 rings (SSSR count). The zero-order valence-electron chi connectivity index (χ0n) is 24.6. The van der Waals surface area contributed by atoms with Crippen LogP contribution in [0.3, 0.4) is 0 Å². The Balaban J connectivity index is 1.21. The molecule has 5 aromatic rings. The summed E-state index contributed by atoms with van der Waals surface area (Å²) in [7, 11) is 0. The van der Waals surface area contributed by atoms with Crippen LogP contribution < -0.4 is 10.2 Å². The van der Waals surface area contributed by atoms with Crippen molar-refractivity contribution in [2.24, 2.45) is 0 Å². The maximum Gasteiger partial charge on any atom is 0.410 e. The normalized spacial score (nSPS) is 14.5. The molecule has 1 N–H and O–H groups in total. The molecule has 0 radical (unpaired) electrons. The van der Waals surface area contributed by atoms with Crippen molar-refractivity contribution in [1.82, 2.24) is 24.6 Å². The Labute approximate surface area is 258 Å². The summed E-state index contributed by atoms with van der Waals surface area (Å²) in [6, 6.07) is 15.6. The van der Waals surface area contributed by atoms with Crippen LogP contribution in [0.25, 0.3) is 22.0 Å². The van der Waals surface area contributed by atoms with E-state index in [9.17, 15) is 9.59 Å². The highest BCUT2D eigenvalue weighted by molar-refractivity contribution is 7.13. The Hall–Kier alpha value is -4.84. The molecule has 1 atom stereocenters. The van der Waals surface area contributed by atoms with Crippen molar-refractivity contribution >= 4 is 45.2 Å². The van der Waals surface area contributed by atoms with E-state index < -0.39 is 17.5 Å². The molecule has 0 spiro atoms. The molecular formula is C32H32FN7O3S. The molecule has 1 fully saturated rings. The lowest BCUT2D eigenvalue weighted by molar-refractivity contribution is -0.118. The van der Waals surface area contributed by atoms with Gasteiger partial charge in [0.25, 0.3) is 5.91 Å². The largest absolute Gasteiger partial charge is 0.444 e. The second-order valence-corrected chi connectivity index (χ2v) is 12.4. The number of rotatable bonds is 6. The number of amides is 2. The van der Waals surface area contributed by atoms with Crippen LogP contribution in [-0.4, -0.2) is 68.4 Å². The van der Waals surface area contributed by atoms with Crippen LogP contribution in [0.5, 0.6) is 0 Å². The standard InChI is InChI=1S/C32H32FN7O3S/c1-32(2,3)43-31(42)39-16-14-38(15-17-39)25-12-10-22(19-35-25)24-11-9-23-20-40(37-27(23)26(24)33)28(21-7-5-4-6-8-21)29(41)36-30-34-13-18-44-30/h4-13,18-20,28H,14-17H2,1-3H3,(H,34,36,41)/t28-/m1/s1. The average molecular weight is 614 g/mol. The number of anilines is 2. The summed E-state index contributed by atoms with van der Waals surface area (Å²) in [6.07, 6.45) is 4.62. The third-order valence-electron chi connectivity index (χ3n) is 7.24. The number of ether oxygens (including phenoxy) is 1. The zero-order chi connectivity index (χ0) is 30.8. The van der Waals surface area contributed by atoms with E-state index >= 15 is 4.39 Å². The SMILES string of the molecule is CC(C)(C)OC(=O)N1CCN(c2ccc(-c3ccc4cn([C@@H](C(=O)Nc5nccs5)c5ccccc5)nc4c3F)cn2)CC1. The first kappa shape index (κ1) is 29.2. The number of aromatic nitrogens is 4. The monoisotopic (exact) mass is 613 g/mol. The van der Waals surface area contributed by atoms with Crippen LogP contribution >= 0.6 is 11.3 Å². The first-order chi connectivity index (χ1) is 21.2. The Kier molecular flexibility index (Phi) is 8.00. The molecule has 12 heteroatoms. The van der Waals surface area contributed by atoms with Gasteiger partial charge in [-0.3, -0.25) is 14.8 Å². The summed E-state index contributed by atoms with van der Waals surface area (Å²) in [5.41, 5.74) is 1.30. The molecule has 2 amide bonds. The van der Waals surface area contributed by atoms with Gasteiger partial charge in [-0.1, -0.05) is 42.5 Å².